The van der Waals surface area contributed by atoms with E-state index in [1.165, 1.54) is 0 Å². The van der Waals surface area contributed by atoms with Gasteiger partial charge in [-0.3, -0.25) is 4.98 Å². The molecule has 6 nitrogen and oxygen atoms in total. The Morgan fingerprint density at radius 3 is 2.85 bits per heavy atom. The minimum atomic E-state index is -0.0829. The van der Waals surface area contributed by atoms with Gasteiger partial charge in [-0.15, -0.1) is 0 Å². The second-order valence-electron chi connectivity index (χ2n) is 6.18. The number of aromatic nitrogens is 2. The molecule has 0 spiro atoms. The van der Waals surface area contributed by atoms with Gasteiger partial charge < -0.3 is 24.3 Å². The Morgan fingerprint density at radius 1 is 1.19 bits per heavy atom. The van der Waals surface area contributed by atoms with Gasteiger partial charge in [0.05, 0.1) is 37.2 Å². The Hall–Kier alpha value is -2.64. The third-order valence-corrected chi connectivity index (χ3v) is 4.96. The Balaban J connectivity index is 1.73. The van der Waals surface area contributed by atoms with Crippen molar-refractivity contribution < 1.29 is 9.52 Å². The van der Waals surface area contributed by atoms with Crippen molar-refractivity contribution >= 4 is 17.3 Å². The number of nitrogens with zero attached hydrogens (tertiary/aromatic N) is 3. The molecule has 0 aliphatic carbocycles. The molecule has 26 heavy (non-hydrogen) atoms. The summed E-state index contributed by atoms with van der Waals surface area (Å²) < 4.78 is 7.66. The van der Waals surface area contributed by atoms with Gasteiger partial charge in [-0.2, -0.15) is 0 Å². The van der Waals surface area contributed by atoms with Crippen molar-refractivity contribution in [3.8, 4) is 0 Å². The van der Waals surface area contributed by atoms with E-state index in [1.807, 2.05) is 47.5 Å². The van der Waals surface area contributed by atoms with Crippen molar-refractivity contribution in [2.45, 2.75) is 18.6 Å². The molecule has 0 saturated carbocycles. The minimum Gasteiger partial charge on any atom is -0.467 e. The highest BCUT2D eigenvalue weighted by molar-refractivity contribution is 7.80. The zero-order chi connectivity index (χ0) is 17.9. The standard InChI is InChI=1S/C19H20N4O2S/c24-11-10-23-18(17(21-19(23)26)15-6-1-2-8-20-15)16-7-3-9-22(16)13-14-5-4-12-25-14/h1-9,12,17-18,24H,10-11,13H2,(H,21,26)/t17-,18-/m1/s1. The summed E-state index contributed by atoms with van der Waals surface area (Å²) in [7, 11) is 0. The lowest BCUT2D eigenvalue weighted by atomic mass is 10.0. The summed E-state index contributed by atoms with van der Waals surface area (Å²) >= 11 is 5.54. The van der Waals surface area contributed by atoms with Crippen molar-refractivity contribution in [2.75, 3.05) is 13.2 Å². The maximum absolute atomic E-state index is 9.53. The van der Waals surface area contributed by atoms with Crippen molar-refractivity contribution in [1.29, 1.82) is 0 Å². The maximum atomic E-state index is 9.53. The lowest BCUT2D eigenvalue weighted by Crippen LogP contribution is -2.33. The summed E-state index contributed by atoms with van der Waals surface area (Å²) in [5.74, 6) is 0.888. The summed E-state index contributed by atoms with van der Waals surface area (Å²) in [5, 5.41) is 13.5. The van der Waals surface area contributed by atoms with Crippen molar-refractivity contribution in [1.82, 2.24) is 19.8 Å². The Kier molecular flexibility index (Phi) is 4.73. The van der Waals surface area contributed by atoms with Crippen LogP contribution in [0, 0.1) is 0 Å². The van der Waals surface area contributed by atoms with E-state index in [0.29, 0.717) is 18.2 Å². The predicted octanol–water partition coefficient (Wildman–Crippen LogP) is 2.49. The van der Waals surface area contributed by atoms with Gasteiger partial charge in [0.1, 0.15) is 5.76 Å². The lowest BCUT2D eigenvalue weighted by Gasteiger charge is -2.28. The minimum absolute atomic E-state index is 0.0339. The fourth-order valence-corrected chi connectivity index (χ4v) is 3.82. The third-order valence-electron chi connectivity index (χ3n) is 4.61. The van der Waals surface area contributed by atoms with Crippen molar-refractivity contribution in [3.05, 3.63) is 78.3 Å². The van der Waals surface area contributed by atoms with E-state index in [9.17, 15) is 5.11 Å². The van der Waals surface area contributed by atoms with Gasteiger partial charge in [0.15, 0.2) is 5.11 Å². The predicted molar refractivity (Wildman–Crippen MR) is 101 cm³/mol. The highest BCUT2D eigenvalue weighted by Gasteiger charge is 2.40. The first kappa shape index (κ1) is 16.8. The first-order chi connectivity index (χ1) is 12.8. The molecule has 4 rings (SSSR count). The van der Waals surface area contributed by atoms with Crippen LogP contribution < -0.4 is 5.32 Å². The van der Waals surface area contributed by atoms with E-state index in [1.54, 1.807) is 12.5 Å². The quantitative estimate of drug-likeness (QED) is 0.652. The van der Waals surface area contributed by atoms with Crippen molar-refractivity contribution in [2.24, 2.45) is 0 Å². The average molecular weight is 368 g/mol. The molecule has 0 radical (unpaired) electrons. The van der Waals surface area contributed by atoms with E-state index in [-0.39, 0.29) is 18.7 Å². The highest BCUT2D eigenvalue weighted by atomic mass is 32.1. The van der Waals surface area contributed by atoms with E-state index in [2.05, 4.69) is 20.9 Å². The van der Waals surface area contributed by atoms with E-state index >= 15 is 0 Å². The summed E-state index contributed by atoms with van der Waals surface area (Å²) in [6.45, 7) is 1.14. The molecule has 2 atom stereocenters. The van der Waals surface area contributed by atoms with Gasteiger partial charge in [0.25, 0.3) is 0 Å². The number of nitrogens with one attached hydrogen (secondary N) is 1. The largest absolute Gasteiger partial charge is 0.467 e. The molecule has 1 saturated heterocycles. The number of aliphatic hydroxyl groups excluding tert-OH is 1. The zero-order valence-electron chi connectivity index (χ0n) is 14.2. The summed E-state index contributed by atoms with van der Waals surface area (Å²) in [4.78, 5) is 6.55. The number of furan rings is 1. The van der Waals surface area contributed by atoms with Crippen LogP contribution in [-0.2, 0) is 6.54 Å². The van der Waals surface area contributed by atoms with E-state index in [4.69, 9.17) is 16.6 Å². The second-order valence-corrected chi connectivity index (χ2v) is 6.57. The Morgan fingerprint density at radius 2 is 2.12 bits per heavy atom. The first-order valence-electron chi connectivity index (χ1n) is 8.54. The van der Waals surface area contributed by atoms with Crippen LogP contribution in [-0.4, -0.2) is 37.8 Å². The summed E-state index contributed by atoms with van der Waals surface area (Å²) in [6, 6.07) is 13.7. The number of pyridine rings is 1. The average Bonchev–Trinajstić information content (AvgIpc) is 3.39. The molecule has 0 aromatic carbocycles. The molecule has 7 heteroatoms. The number of β-amino-alcohol motifs (C(OH)–C–C–N with tert-alkyl or cyclic N) is 1. The fraction of sp³-hybridized carbons (Fsp3) is 0.263. The van der Waals surface area contributed by atoms with Gasteiger partial charge in [-0.05, 0) is 48.6 Å². The molecule has 3 aromatic heterocycles. The lowest BCUT2D eigenvalue weighted by molar-refractivity contribution is 0.218. The number of hydrogen-bond acceptors (Lipinski definition) is 4. The molecule has 1 fully saturated rings. The molecular formula is C19H20N4O2S. The van der Waals surface area contributed by atoms with Gasteiger partial charge in [0, 0.05) is 24.6 Å². The van der Waals surface area contributed by atoms with Gasteiger partial charge in [-0.25, -0.2) is 0 Å². The molecule has 0 amide bonds. The van der Waals surface area contributed by atoms with Crippen LogP contribution in [0.2, 0.25) is 0 Å². The number of hydrogen-bond donors (Lipinski definition) is 2. The van der Waals surface area contributed by atoms with Gasteiger partial charge >= 0.3 is 0 Å². The molecule has 3 aromatic rings. The second kappa shape index (κ2) is 7.31. The van der Waals surface area contributed by atoms with Crippen molar-refractivity contribution in [3.63, 3.8) is 0 Å². The molecule has 0 bridgehead atoms. The smallest absolute Gasteiger partial charge is 0.170 e. The highest BCUT2D eigenvalue weighted by Crippen LogP contribution is 2.38. The Labute approximate surface area is 157 Å². The SMILES string of the molecule is OCCN1C(=S)N[C@H](c2ccccn2)[C@H]1c1cccn1Cc1ccco1. The molecule has 1 aliphatic heterocycles. The monoisotopic (exact) mass is 368 g/mol. The van der Waals surface area contributed by atoms with Crippen LogP contribution in [0.1, 0.15) is 29.2 Å². The number of aliphatic hydroxyl groups is 1. The van der Waals surface area contributed by atoms with Gasteiger partial charge in [0.2, 0.25) is 0 Å². The molecule has 1 aliphatic rings. The maximum Gasteiger partial charge on any atom is 0.170 e. The third kappa shape index (κ3) is 3.11. The molecule has 0 unspecified atom stereocenters. The van der Waals surface area contributed by atoms with Crippen LogP contribution >= 0.6 is 12.2 Å². The van der Waals surface area contributed by atoms with E-state index < -0.39 is 0 Å². The zero-order valence-corrected chi connectivity index (χ0v) is 15.0. The number of rotatable bonds is 6. The summed E-state index contributed by atoms with van der Waals surface area (Å²) in [5.41, 5.74) is 2.02. The van der Waals surface area contributed by atoms with Crippen LogP contribution in [0.5, 0.6) is 0 Å². The van der Waals surface area contributed by atoms with Crippen LogP contribution in [0.3, 0.4) is 0 Å². The number of thiocarbonyl (C=S) groups is 1. The molecule has 4 heterocycles. The normalized spacial score (nSPS) is 19.7. The molecule has 2 N–H and O–H groups in total. The van der Waals surface area contributed by atoms with E-state index in [0.717, 1.165) is 17.1 Å². The molecular weight excluding hydrogens is 348 g/mol. The molecule has 134 valence electrons. The fourth-order valence-electron chi connectivity index (χ4n) is 3.49. The van der Waals surface area contributed by atoms with Crippen LogP contribution in [0.4, 0.5) is 0 Å². The Bertz CT molecular complexity index is 863. The summed E-state index contributed by atoms with van der Waals surface area (Å²) in [6.07, 6.45) is 5.50. The van der Waals surface area contributed by atoms with Crippen LogP contribution in [0.15, 0.2) is 65.5 Å². The first-order valence-corrected chi connectivity index (χ1v) is 8.95. The topological polar surface area (TPSA) is 66.5 Å². The van der Waals surface area contributed by atoms with Crippen LogP contribution in [0.25, 0.3) is 0 Å². The van der Waals surface area contributed by atoms with Gasteiger partial charge in [-0.1, -0.05) is 6.07 Å².